The Morgan fingerprint density at radius 3 is 2.51 bits per heavy atom. The molecule has 0 saturated carbocycles. The van der Waals surface area contributed by atoms with Crippen molar-refractivity contribution < 1.29 is 39.1 Å². The molecular formula is C44H63IN6O8. The minimum atomic E-state index is -1.23. The van der Waals surface area contributed by atoms with Crippen LogP contribution in [0.25, 0.3) is 16.6 Å². The summed E-state index contributed by atoms with van der Waals surface area (Å²) in [5.74, 6) is -2.06. The van der Waals surface area contributed by atoms with Crippen LogP contribution in [0, 0.1) is 23.7 Å². The number of pyridine rings is 1. The van der Waals surface area contributed by atoms with Crippen molar-refractivity contribution >= 4 is 45.2 Å². The van der Waals surface area contributed by atoms with Crippen LogP contribution in [0.2, 0.25) is 0 Å². The number of allylic oxidation sites excluding steroid dienone is 3. The van der Waals surface area contributed by atoms with Crippen molar-refractivity contribution in [3.05, 3.63) is 72.2 Å². The van der Waals surface area contributed by atoms with Gasteiger partial charge in [-0.1, -0.05) is 84.5 Å². The number of aliphatic hydroxyl groups excluding tert-OH is 3. The highest BCUT2D eigenvalue weighted by molar-refractivity contribution is 14.1. The second kappa shape index (κ2) is 21.6. The minimum absolute atomic E-state index is 0.0437. The third-order valence-corrected chi connectivity index (χ3v) is 12.8. The molecule has 12 atom stereocenters. The van der Waals surface area contributed by atoms with Crippen molar-refractivity contribution in [2.75, 3.05) is 32.1 Å². The van der Waals surface area contributed by atoms with Gasteiger partial charge in [-0.25, -0.2) is 4.68 Å². The maximum atomic E-state index is 13.8. The first kappa shape index (κ1) is 46.9. The second-order valence-electron chi connectivity index (χ2n) is 16.7. The maximum absolute atomic E-state index is 13.8. The summed E-state index contributed by atoms with van der Waals surface area (Å²) in [6.45, 7) is 10.4. The SMILES string of the molecule is CC[C@H]1OC(=O)C[C@@H](O)[C@H](C)[C@@H](O[C@@H]2O[C@H](C)C(O)C(N(C)C)C2O)[C@@H](CCN(C)Cc2cn(-c3cnc4ccccc4c3)nn2)C[C@@H](C)C(=O)/C=C/C(C)=C/[C@@H]1CI. The monoisotopic (exact) mass is 930 g/mol. The molecule has 3 N–H and O–H groups in total. The average Bonchev–Trinajstić information content (AvgIpc) is 3.68. The van der Waals surface area contributed by atoms with Gasteiger partial charge in [-0.2, -0.15) is 0 Å². The molecule has 0 bridgehead atoms. The number of rotatable bonds is 11. The number of fused-ring (bicyclic) bond motifs is 1. The molecule has 0 radical (unpaired) electrons. The van der Waals surface area contributed by atoms with E-state index in [2.05, 4.69) is 42.8 Å². The van der Waals surface area contributed by atoms with E-state index in [4.69, 9.17) is 14.2 Å². The van der Waals surface area contributed by atoms with E-state index in [1.165, 1.54) is 0 Å². The molecule has 1 aromatic carbocycles. The number of ketones is 1. The van der Waals surface area contributed by atoms with Crippen LogP contribution in [-0.4, -0.2) is 138 Å². The van der Waals surface area contributed by atoms with Crippen LogP contribution in [0.3, 0.4) is 0 Å². The zero-order valence-corrected chi connectivity index (χ0v) is 37.8. The van der Waals surface area contributed by atoms with Gasteiger partial charge in [-0.3, -0.25) is 14.6 Å². The molecule has 3 aromatic rings. The number of aliphatic hydroxyl groups is 3. The van der Waals surface area contributed by atoms with Crippen LogP contribution in [-0.2, 0) is 30.3 Å². The fourth-order valence-corrected chi connectivity index (χ4v) is 9.08. The first-order valence-corrected chi connectivity index (χ1v) is 22.2. The smallest absolute Gasteiger partial charge is 0.308 e. The third kappa shape index (κ3) is 12.2. The number of aromatic nitrogens is 4. The molecule has 5 rings (SSSR count). The number of benzene rings is 1. The zero-order chi connectivity index (χ0) is 43.0. The lowest BCUT2D eigenvalue weighted by Crippen LogP contribution is -2.63. The number of hydrogen-bond acceptors (Lipinski definition) is 13. The van der Waals surface area contributed by atoms with Gasteiger partial charge in [-0.15, -0.1) is 5.10 Å². The van der Waals surface area contributed by atoms with E-state index in [0.717, 1.165) is 27.9 Å². The Bertz CT molecular complexity index is 1910. The Morgan fingerprint density at radius 1 is 1.05 bits per heavy atom. The summed E-state index contributed by atoms with van der Waals surface area (Å²) in [7, 11) is 5.53. The van der Waals surface area contributed by atoms with E-state index in [-0.39, 0.29) is 24.0 Å². The Kier molecular flexibility index (Phi) is 17.1. The van der Waals surface area contributed by atoms with Gasteiger partial charge >= 0.3 is 5.97 Å². The number of carbonyl (C=O) groups is 2. The maximum Gasteiger partial charge on any atom is 0.308 e. The summed E-state index contributed by atoms with van der Waals surface area (Å²) in [6.07, 6.45) is 3.97. The third-order valence-electron chi connectivity index (χ3n) is 11.8. The molecular weight excluding hydrogens is 867 g/mol. The molecule has 0 amide bonds. The number of likely N-dealkylation sites (N-methyl/N-ethyl adjacent to an activating group) is 1. The quantitative estimate of drug-likeness (QED) is 0.135. The summed E-state index contributed by atoms with van der Waals surface area (Å²) in [5, 5.41) is 44.2. The van der Waals surface area contributed by atoms with Gasteiger partial charge in [0.1, 0.15) is 12.2 Å². The topological polar surface area (TPSA) is 173 Å². The lowest BCUT2D eigenvalue weighted by atomic mass is 9.79. The molecule has 15 heteroatoms. The standard InChI is InChI=1S/C44H63IN6O8/c1-9-38-32(22-45)18-26(2)14-15-36(52)27(3)19-31(16-17-50(8)24-33-25-51(48-47-33)34-20-30-12-10-11-13-35(30)46-23-34)43(28(4)37(53)21-39(54)58-38)59-44-42(56)40(49(6)7)41(55)29(5)57-44/h10-15,18,20,23,25,27-29,31-32,37-38,40-44,53,55-56H,9,16-17,19,21-22,24H2,1-8H3/b15-14+,26-18+/t27-,28+,29-,31+,32-,37-,38-,40?,41?,42?,43-,44+/m1/s1. The number of esters is 1. The minimum Gasteiger partial charge on any atom is -0.462 e. The van der Waals surface area contributed by atoms with Gasteiger partial charge in [-0.05, 0) is 84.9 Å². The highest BCUT2D eigenvalue weighted by Gasteiger charge is 2.47. The molecule has 2 aliphatic rings. The molecule has 2 aromatic heterocycles. The summed E-state index contributed by atoms with van der Waals surface area (Å²) in [4.78, 5) is 35.7. The highest BCUT2D eigenvalue weighted by atomic mass is 127. The van der Waals surface area contributed by atoms with E-state index in [1.807, 2.05) is 83.4 Å². The van der Waals surface area contributed by atoms with Crippen molar-refractivity contribution in [2.45, 2.75) is 116 Å². The van der Waals surface area contributed by atoms with Crippen molar-refractivity contribution in [3.63, 3.8) is 0 Å². The van der Waals surface area contributed by atoms with Crippen molar-refractivity contribution in [3.8, 4) is 5.69 Å². The highest BCUT2D eigenvalue weighted by Crippen LogP contribution is 2.35. The number of alkyl halides is 1. The van der Waals surface area contributed by atoms with Gasteiger partial charge in [0.15, 0.2) is 12.1 Å². The fourth-order valence-electron chi connectivity index (χ4n) is 8.25. The van der Waals surface area contributed by atoms with Gasteiger partial charge < -0.3 is 39.3 Å². The van der Waals surface area contributed by atoms with Crippen molar-refractivity contribution in [1.29, 1.82) is 0 Å². The molecule has 59 heavy (non-hydrogen) atoms. The van der Waals surface area contributed by atoms with Crippen molar-refractivity contribution in [1.82, 2.24) is 29.8 Å². The normalized spacial score (nSPS) is 33.2. The summed E-state index contributed by atoms with van der Waals surface area (Å²) < 4.78 is 21.3. The number of hydrogen-bond donors (Lipinski definition) is 3. The predicted molar refractivity (Wildman–Crippen MR) is 234 cm³/mol. The van der Waals surface area contributed by atoms with Gasteiger partial charge in [0.2, 0.25) is 0 Å². The number of ether oxygens (including phenoxy) is 3. The molecule has 0 spiro atoms. The number of cyclic esters (lactones) is 1. The molecule has 1 fully saturated rings. The lowest BCUT2D eigenvalue weighted by molar-refractivity contribution is -0.304. The number of para-hydroxylation sites is 1. The van der Waals surface area contributed by atoms with Gasteiger partial charge in [0.25, 0.3) is 0 Å². The molecule has 324 valence electrons. The van der Waals surface area contributed by atoms with Crippen LogP contribution >= 0.6 is 22.6 Å². The molecule has 4 heterocycles. The summed E-state index contributed by atoms with van der Waals surface area (Å²) in [5.41, 5.74) is 3.34. The van der Waals surface area contributed by atoms with E-state index < -0.39 is 66.8 Å². The van der Waals surface area contributed by atoms with Crippen LogP contribution in [0.1, 0.15) is 66.0 Å². The lowest BCUT2D eigenvalue weighted by Gasteiger charge is -2.46. The Balaban J connectivity index is 1.44. The summed E-state index contributed by atoms with van der Waals surface area (Å²) >= 11 is 2.28. The average molecular weight is 931 g/mol. The molecule has 3 unspecified atom stereocenters. The Labute approximate surface area is 362 Å². The Hall–Kier alpha value is -3.16. The van der Waals surface area contributed by atoms with Crippen LogP contribution < -0.4 is 0 Å². The van der Waals surface area contributed by atoms with Crippen LogP contribution in [0.15, 0.2) is 66.5 Å². The van der Waals surface area contributed by atoms with E-state index in [9.17, 15) is 24.9 Å². The number of halogens is 1. The first-order chi connectivity index (χ1) is 28.1. The van der Waals surface area contributed by atoms with E-state index in [0.29, 0.717) is 36.8 Å². The molecule has 2 aliphatic heterocycles. The summed E-state index contributed by atoms with van der Waals surface area (Å²) in [6, 6.07) is 9.22. The van der Waals surface area contributed by atoms with Gasteiger partial charge in [0, 0.05) is 34.1 Å². The molecule has 0 aliphatic carbocycles. The van der Waals surface area contributed by atoms with Crippen molar-refractivity contribution in [2.24, 2.45) is 23.7 Å². The zero-order valence-electron chi connectivity index (χ0n) is 35.6. The first-order valence-electron chi connectivity index (χ1n) is 20.7. The molecule has 1 saturated heterocycles. The molecule has 14 nitrogen and oxygen atoms in total. The predicted octanol–water partition coefficient (Wildman–Crippen LogP) is 4.91. The fraction of sp³-hybridized carbons (Fsp3) is 0.614. The van der Waals surface area contributed by atoms with E-state index >= 15 is 0 Å². The largest absolute Gasteiger partial charge is 0.462 e. The van der Waals surface area contributed by atoms with E-state index in [1.54, 1.807) is 42.9 Å². The Morgan fingerprint density at radius 2 is 1.80 bits per heavy atom. The van der Waals surface area contributed by atoms with Crippen LogP contribution in [0.4, 0.5) is 0 Å². The second-order valence-corrected chi connectivity index (χ2v) is 17.6. The number of carbonyl (C=O) groups excluding carboxylic acids is 2. The number of nitrogens with zero attached hydrogens (tertiary/aromatic N) is 6. The van der Waals surface area contributed by atoms with Crippen LogP contribution in [0.5, 0.6) is 0 Å². The van der Waals surface area contributed by atoms with Gasteiger partial charge in [0.05, 0.1) is 66.2 Å².